The molecule has 2 aromatic rings. The summed E-state index contributed by atoms with van der Waals surface area (Å²) >= 11 is 3.43. The summed E-state index contributed by atoms with van der Waals surface area (Å²) in [7, 11) is 0. The molecule has 1 aromatic carbocycles. The summed E-state index contributed by atoms with van der Waals surface area (Å²) in [5.74, 6) is -0.331. The third-order valence-electron chi connectivity index (χ3n) is 4.76. The van der Waals surface area contributed by atoms with E-state index < -0.39 is 18.3 Å². The molecule has 2 N–H and O–H groups in total. The minimum Gasteiger partial charge on any atom is -0.448 e. The summed E-state index contributed by atoms with van der Waals surface area (Å²) in [6.45, 7) is 3.86. The Morgan fingerprint density at radius 3 is 2.70 bits per heavy atom. The first-order chi connectivity index (χ1) is 15.9. The summed E-state index contributed by atoms with van der Waals surface area (Å²) in [4.78, 5) is 41.8. The van der Waals surface area contributed by atoms with Crippen molar-refractivity contribution in [3.8, 4) is 0 Å². The van der Waals surface area contributed by atoms with E-state index in [9.17, 15) is 14.4 Å². The topological polar surface area (TPSA) is 119 Å². The molecule has 3 amide bonds. The van der Waals surface area contributed by atoms with Crippen molar-refractivity contribution in [3.63, 3.8) is 0 Å². The molecule has 0 aliphatic carbocycles. The number of hydrogen-bond donors (Lipinski definition) is 2. The zero-order valence-electron chi connectivity index (χ0n) is 18.1. The molecule has 1 unspecified atom stereocenters. The lowest BCUT2D eigenvalue weighted by molar-refractivity contribution is 0.0272. The fourth-order valence-corrected chi connectivity index (χ4v) is 3.46. The summed E-state index contributed by atoms with van der Waals surface area (Å²) in [6, 6.07) is 10.3. The van der Waals surface area contributed by atoms with Gasteiger partial charge in [-0.2, -0.15) is 0 Å². The largest absolute Gasteiger partial charge is 0.448 e. The van der Waals surface area contributed by atoms with Crippen molar-refractivity contribution in [1.29, 1.82) is 0 Å². The smallest absolute Gasteiger partial charge is 0.409 e. The lowest BCUT2D eigenvalue weighted by Crippen LogP contribution is -2.41. The molecule has 1 aliphatic rings. The van der Waals surface area contributed by atoms with Crippen LogP contribution in [0.25, 0.3) is 0 Å². The summed E-state index contributed by atoms with van der Waals surface area (Å²) in [5.41, 5.74) is 1.59. The summed E-state index contributed by atoms with van der Waals surface area (Å²) < 4.78 is 16.3. The fraction of sp³-hybridized carbons (Fsp3) is 0.364. The van der Waals surface area contributed by atoms with Crippen LogP contribution in [0.2, 0.25) is 0 Å². The highest BCUT2D eigenvalue weighted by Gasteiger charge is 2.18. The van der Waals surface area contributed by atoms with Crippen molar-refractivity contribution in [2.24, 2.45) is 0 Å². The van der Waals surface area contributed by atoms with Gasteiger partial charge in [0.05, 0.1) is 25.4 Å². The van der Waals surface area contributed by atoms with Gasteiger partial charge in [0.25, 0.3) is 5.91 Å². The van der Waals surface area contributed by atoms with Gasteiger partial charge in [-0.1, -0.05) is 12.1 Å². The van der Waals surface area contributed by atoms with Gasteiger partial charge in [0, 0.05) is 23.8 Å². The van der Waals surface area contributed by atoms with Crippen molar-refractivity contribution >= 4 is 39.7 Å². The van der Waals surface area contributed by atoms with Crippen LogP contribution in [0.3, 0.4) is 0 Å². The molecular weight excluding hydrogens is 496 g/mol. The average Bonchev–Trinajstić information content (AvgIpc) is 2.84. The van der Waals surface area contributed by atoms with Gasteiger partial charge in [-0.3, -0.25) is 9.78 Å². The van der Waals surface area contributed by atoms with Crippen LogP contribution in [0.5, 0.6) is 0 Å². The fourth-order valence-electron chi connectivity index (χ4n) is 2.97. The molecule has 33 heavy (non-hydrogen) atoms. The molecule has 1 aliphatic heterocycles. The van der Waals surface area contributed by atoms with Crippen LogP contribution < -0.4 is 10.6 Å². The van der Waals surface area contributed by atoms with Gasteiger partial charge in [0.15, 0.2) is 0 Å². The number of aromatic nitrogens is 1. The highest BCUT2D eigenvalue weighted by Crippen LogP contribution is 2.28. The standard InChI is InChI=1S/C22H25BrN4O6/c1-15(33-21(29)25-8-11-32-22(30)27-9-12-31-13-10-27)16-5-6-18(17(23)14-16)26-20(28)19-4-2-3-7-24-19/h2-7,14-15H,8-13H2,1H3,(H,25,29)(H,26,28). The number of alkyl carbamates (subject to hydrolysis) is 1. The number of nitrogens with one attached hydrogen (secondary N) is 2. The molecule has 3 rings (SSSR count). The predicted molar refractivity (Wildman–Crippen MR) is 123 cm³/mol. The van der Waals surface area contributed by atoms with E-state index in [1.165, 1.54) is 0 Å². The number of morpholine rings is 1. The Morgan fingerprint density at radius 1 is 1.21 bits per heavy atom. The number of halogens is 1. The van der Waals surface area contributed by atoms with E-state index in [0.717, 1.165) is 5.56 Å². The van der Waals surface area contributed by atoms with Gasteiger partial charge in [-0.05, 0) is 52.7 Å². The van der Waals surface area contributed by atoms with Gasteiger partial charge >= 0.3 is 12.2 Å². The first kappa shape index (κ1) is 24.5. The molecule has 11 heteroatoms. The van der Waals surface area contributed by atoms with Gasteiger partial charge in [-0.25, -0.2) is 9.59 Å². The zero-order valence-corrected chi connectivity index (χ0v) is 19.7. The van der Waals surface area contributed by atoms with E-state index in [1.54, 1.807) is 54.4 Å². The Morgan fingerprint density at radius 2 is 2.00 bits per heavy atom. The van der Waals surface area contributed by atoms with Crippen molar-refractivity contribution in [1.82, 2.24) is 15.2 Å². The minimum absolute atomic E-state index is 0.0376. The number of hydrogen-bond acceptors (Lipinski definition) is 7. The van der Waals surface area contributed by atoms with Gasteiger partial charge in [-0.15, -0.1) is 0 Å². The molecule has 1 fully saturated rings. The van der Waals surface area contributed by atoms with Crippen LogP contribution in [0.15, 0.2) is 47.1 Å². The lowest BCUT2D eigenvalue weighted by atomic mass is 10.1. The monoisotopic (exact) mass is 520 g/mol. The molecule has 1 aromatic heterocycles. The number of carbonyl (C=O) groups excluding carboxylic acids is 3. The molecular formula is C22H25BrN4O6. The molecule has 1 atom stereocenters. The molecule has 176 valence electrons. The number of nitrogens with zero attached hydrogens (tertiary/aromatic N) is 2. The van der Waals surface area contributed by atoms with E-state index >= 15 is 0 Å². The van der Waals surface area contributed by atoms with E-state index in [0.29, 0.717) is 42.2 Å². The quantitative estimate of drug-likeness (QED) is 0.537. The Balaban J connectivity index is 1.42. The second-order valence-electron chi connectivity index (χ2n) is 7.10. The van der Waals surface area contributed by atoms with E-state index in [1.807, 2.05) is 0 Å². The predicted octanol–water partition coefficient (Wildman–Crippen LogP) is 3.35. The van der Waals surface area contributed by atoms with Gasteiger partial charge in [0.1, 0.15) is 18.4 Å². The Kier molecular flexibility index (Phi) is 9.02. The number of benzene rings is 1. The first-order valence-corrected chi connectivity index (χ1v) is 11.2. The van der Waals surface area contributed by atoms with Crippen LogP contribution in [0, 0.1) is 0 Å². The number of carbonyl (C=O) groups is 3. The van der Waals surface area contributed by atoms with Crippen LogP contribution in [-0.4, -0.2) is 67.4 Å². The summed E-state index contributed by atoms with van der Waals surface area (Å²) in [5, 5.41) is 5.33. The normalized spacial score (nSPS) is 14.2. The number of pyridine rings is 1. The van der Waals surface area contributed by atoms with Crippen LogP contribution >= 0.6 is 15.9 Å². The highest BCUT2D eigenvalue weighted by atomic mass is 79.9. The zero-order chi connectivity index (χ0) is 23.6. The lowest BCUT2D eigenvalue weighted by Gasteiger charge is -2.25. The average molecular weight is 521 g/mol. The Hall–Kier alpha value is -3.18. The maximum Gasteiger partial charge on any atom is 0.409 e. The molecule has 0 radical (unpaired) electrons. The summed E-state index contributed by atoms with van der Waals surface area (Å²) in [6.07, 6.45) is -0.0566. The van der Waals surface area contributed by atoms with Crippen molar-refractivity contribution in [2.45, 2.75) is 13.0 Å². The second-order valence-corrected chi connectivity index (χ2v) is 7.95. The van der Waals surface area contributed by atoms with Gasteiger partial charge in [0.2, 0.25) is 0 Å². The maximum absolute atomic E-state index is 12.3. The van der Waals surface area contributed by atoms with Crippen molar-refractivity contribution < 1.29 is 28.6 Å². The van der Waals surface area contributed by atoms with Crippen LogP contribution in [-0.2, 0) is 14.2 Å². The third kappa shape index (κ3) is 7.43. The Bertz CT molecular complexity index is 969. The van der Waals surface area contributed by atoms with E-state index in [-0.39, 0.29) is 19.1 Å². The first-order valence-electron chi connectivity index (χ1n) is 10.4. The molecule has 0 spiro atoms. The van der Waals surface area contributed by atoms with Crippen LogP contribution in [0.1, 0.15) is 29.1 Å². The number of rotatable bonds is 7. The van der Waals surface area contributed by atoms with Crippen molar-refractivity contribution in [3.05, 3.63) is 58.3 Å². The molecule has 2 heterocycles. The second kappa shape index (κ2) is 12.2. The molecule has 0 saturated carbocycles. The van der Waals surface area contributed by atoms with Crippen LogP contribution in [0.4, 0.5) is 15.3 Å². The van der Waals surface area contributed by atoms with E-state index in [4.69, 9.17) is 14.2 Å². The SMILES string of the molecule is CC(OC(=O)NCCOC(=O)N1CCOCC1)c1ccc(NC(=O)c2ccccn2)c(Br)c1. The van der Waals surface area contributed by atoms with E-state index in [2.05, 4.69) is 31.5 Å². The number of anilines is 1. The molecule has 10 nitrogen and oxygen atoms in total. The number of amides is 3. The van der Waals surface area contributed by atoms with Crippen molar-refractivity contribution in [2.75, 3.05) is 44.8 Å². The maximum atomic E-state index is 12.3. The number of ether oxygens (including phenoxy) is 3. The van der Waals surface area contributed by atoms with Gasteiger partial charge < -0.3 is 29.7 Å². The third-order valence-corrected chi connectivity index (χ3v) is 5.41. The Labute approximate surface area is 199 Å². The minimum atomic E-state index is -0.631. The molecule has 0 bridgehead atoms. The highest BCUT2D eigenvalue weighted by molar-refractivity contribution is 9.10. The molecule has 1 saturated heterocycles.